The summed E-state index contributed by atoms with van der Waals surface area (Å²) < 4.78 is 1.97. The zero-order chi connectivity index (χ0) is 20.5. The van der Waals surface area contributed by atoms with Gasteiger partial charge >= 0.3 is 5.69 Å². The zero-order valence-electron chi connectivity index (χ0n) is 16.2. The lowest BCUT2D eigenvalue weighted by atomic mass is 10.1. The van der Waals surface area contributed by atoms with Gasteiger partial charge in [-0.3, -0.25) is 9.36 Å². The molecule has 0 spiro atoms. The van der Waals surface area contributed by atoms with E-state index in [1.54, 1.807) is 18.2 Å². The third kappa shape index (κ3) is 3.95. The fourth-order valence-electron chi connectivity index (χ4n) is 3.11. The Hall–Kier alpha value is -3.33. The SMILES string of the molecule is Cc1ccc(C)c(-n2c(C)nnc2SCC(=O)Nc2ccc3[nH]c(=O)[nH]c3c2)c1. The second-order valence-electron chi connectivity index (χ2n) is 6.83. The van der Waals surface area contributed by atoms with Gasteiger partial charge in [0.15, 0.2) is 5.16 Å². The van der Waals surface area contributed by atoms with Crippen LogP contribution in [-0.2, 0) is 4.79 Å². The van der Waals surface area contributed by atoms with Gasteiger partial charge in [0.2, 0.25) is 5.91 Å². The Morgan fingerprint density at radius 1 is 1.07 bits per heavy atom. The molecule has 0 radical (unpaired) electrons. The van der Waals surface area contributed by atoms with Crippen molar-refractivity contribution in [3.63, 3.8) is 0 Å². The fraction of sp³-hybridized carbons (Fsp3) is 0.200. The van der Waals surface area contributed by atoms with Crippen molar-refractivity contribution >= 4 is 34.4 Å². The molecule has 1 amide bonds. The Bertz CT molecular complexity index is 1270. The molecular formula is C20H20N6O2S. The second kappa shape index (κ2) is 7.59. The summed E-state index contributed by atoms with van der Waals surface area (Å²) in [5, 5.41) is 11.9. The number of hydrogen-bond acceptors (Lipinski definition) is 5. The first-order chi connectivity index (χ1) is 13.9. The molecular weight excluding hydrogens is 388 g/mol. The quantitative estimate of drug-likeness (QED) is 0.440. The summed E-state index contributed by atoms with van der Waals surface area (Å²) >= 11 is 1.33. The summed E-state index contributed by atoms with van der Waals surface area (Å²) in [5.74, 6) is 0.786. The van der Waals surface area contributed by atoms with Crippen LogP contribution in [0.25, 0.3) is 16.7 Å². The van der Waals surface area contributed by atoms with Crippen molar-refractivity contribution < 1.29 is 4.79 Å². The monoisotopic (exact) mass is 408 g/mol. The molecule has 0 aliphatic heterocycles. The number of carbonyl (C=O) groups is 1. The molecule has 0 aliphatic carbocycles. The molecule has 0 saturated carbocycles. The fourth-order valence-corrected chi connectivity index (χ4v) is 3.90. The molecule has 0 fully saturated rings. The first-order valence-corrected chi connectivity index (χ1v) is 10.0. The van der Waals surface area contributed by atoms with Crippen molar-refractivity contribution in [3.8, 4) is 5.69 Å². The third-order valence-electron chi connectivity index (χ3n) is 4.53. The van der Waals surface area contributed by atoms with Gasteiger partial charge in [-0.05, 0) is 56.2 Å². The number of benzene rings is 2. The van der Waals surface area contributed by atoms with Gasteiger partial charge in [-0.1, -0.05) is 23.9 Å². The number of rotatable bonds is 5. The molecule has 0 aliphatic rings. The molecule has 0 saturated heterocycles. The van der Waals surface area contributed by atoms with Crippen LogP contribution in [-0.4, -0.2) is 36.4 Å². The number of anilines is 1. The van der Waals surface area contributed by atoms with E-state index in [1.165, 1.54) is 11.8 Å². The van der Waals surface area contributed by atoms with Crippen LogP contribution in [0.4, 0.5) is 5.69 Å². The van der Waals surface area contributed by atoms with E-state index in [4.69, 9.17) is 0 Å². The number of aromatic amines is 2. The summed E-state index contributed by atoms with van der Waals surface area (Å²) in [6.45, 7) is 5.97. The normalized spacial score (nSPS) is 11.1. The van der Waals surface area contributed by atoms with Gasteiger partial charge in [0.1, 0.15) is 5.82 Å². The zero-order valence-corrected chi connectivity index (χ0v) is 17.1. The van der Waals surface area contributed by atoms with Gasteiger partial charge in [-0.2, -0.15) is 0 Å². The second-order valence-corrected chi connectivity index (χ2v) is 7.77. The molecule has 0 bridgehead atoms. The largest absolute Gasteiger partial charge is 0.325 e. The Balaban J connectivity index is 1.49. The van der Waals surface area contributed by atoms with E-state index in [9.17, 15) is 9.59 Å². The molecule has 2 heterocycles. The Morgan fingerprint density at radius 2 is 1.86 bits per heavy atom. The number of hydrogen-bond donors (Lipinski definition) is 3. The number of imidazole rings is 1. The van der Waals surface area contributed by atoms with Crippen LogP contribution in [0.3, 0.4) is 0 Å². The smallest absolute Gasteiger partial charge is 0.323 e. The Kier molecular flexibility index (Phi) is 4.98. The summed E-state index contributed by atoms with van der Waals surface area (Å²) in [5.41, 5.74) is 4.94. The van der Waals surface area contributed by atoms with Crippen LogP contribution in [0.2, 0.25) is 0 Å². The predicted molar refractivity (Wildman–Crippen MR) is 114 cm³/mol. The highest BCUT2D eigenvalue weighted by Crippen LogP contribution is 2.25. The number of H-pyrrole nitrogens is 2. The Labute approximate surface area is 170 Å². The van der Waals surface area contributed by atoms with Crippen molar-refractivity contribution in [2.24, 2.45) is 0 Å². The molecule has 0 atom stereocenters. The van der Waals surface area contributed by atoms with Crippen molar-refractivity contribution in [1.82, 2.24) is 24.7 Å². The van der Waals surface area contributed by atoms with Crippen molar-refractivity contribution in [2.45, 2.75) is 25.9 Å². The van der Waals surface area contributed by atoms with E-state index in [0.717, 1.165) is 22.6 Å². The topological polar surface area (TPSA) is 108 Å². The average Bonchev–Trinajstić information content (AvgIpc) is 3.23. The van der Waals surface area contributed by atoms with E-state index >= 15 is 0 Å². The summed E-state index contributed by atoms with van der Waals surface area (Å²) in [6.07, 6.45) is 0. The summed E-state index contributed by atoms with van der Waals surface area (Å²) in [6, 6.07) is 11.4. The molecule has 3 N–H and O–H groups in total. The maximum Gasteiger partial charge on any atom is 0.323 e. The van der Waals surface area contributed by atoms with Gasteiger partial charge in [-0.25, -0.2) is 4.79 Å². The molecule has 4 rings (SSSR count). The minimum Gasteiger partial charge on any atom is -0.325 e. The van der Waals surface area contributed by atoms with Crippen LogP contribution in [0.15, 0.2) is 46.3 Å². The first kappa shape index (κ1) is 19.0. The number of thioether (sulfide) groups is 1. The van der Waals surface area contributed by atoms with Crippen LogP contribution in [0, 0.1) is 20.8 Å². The van der Waals surface area contributed by atoms with Crippen LogP contribution < -0.4 is 11.0 Å². The van der Waals surface area contributed by atoms with E-state index < -0.39 is 0 Å². The number of nitrogens with zero attached hydrogens (tertiary/aromatic N) is 3. The molecule has 2 aromatic heterocycles. The number of fused-ring (bicyclic) bond motifs is 1. The highest BCUT2D eigenvalue weighted by molar-refractivity contribution is 7.99. The van der Waals surface area contributed by atoms with Crippen LogP contribution in [0.1, 0.15) is 17.0 Å². The highest BCUT2D eigenvalue weighted by Gasteiger charge is 2.15. The Morgan fingerprint density at radius 3 is 2.69 bits per heavy atom. The average molecular weight is 408 g/mol. The predicted octanol–water partition coefficient (Wildman–Crippen LogP) is 3.09. The highest BCUT2D eigenvalue weighted by atomic mass is 32.2. The minimum atomic E-state index is -0.278. The van der Waals surface area contributed by atoms with Crippen molar-refractivity contribution in [3.05, 3.63) is 63.8 Å². The van der Waals surface area contributed by atoms with Gasteiger partial charge in [0.25, 0.3) is 0 Å². The van der Waals surface area contributed by atoms with Crippen LogP contribution in [0.5, 0.6) is 0 Å². The lowest BCUT2D eigenvalue weighted by Gasteiger charge is -2.12. The van der Waals surface area contributed by atoms with Gasteiger partial charge in [0.05, 0.1) is 22.5 Å². The first-order valence-electron chi connectivity index (χ1n) is 9.05. The molecule has 148 valence electrons. The maximum atomic E-state index is 12.4. The van der Waals surface area contributed by atoms with Gasteiger partial charge in [0, 0.05) is 5.69 Å². The number of amides is 1. The molecule has 4 aromatic rings. The number of aryl methyl sites for hydroxylation is 3. The van der Waals surface area contributed by atoms with Crippen molar-refractivity contribution in [2.75, 3.05) is 11.1 Å². The summed E-state index contributed by atoms with van der Waals surface area (Å²) in [4.78, 5) is 29.1. The number of aromatic nitrogens is 5. The lowest BCUT2D eigenvalue weighted by molar-refractivity contribution is -0.113. The number of carbonyl (C=O) groups excluding carboxylic acids is 1. The number of nitrogens with one attached hydrogen (secondary N) is 3. The molecule has 0 unspecified atom stereocenters. The van der Waals surface area contributed by atoms with Crippen molar-refractivity contribution in [1.29, 1.82) is 0 Å². The standard InChI is InChI=1S/C20H20N6O2S/c1-11-4-5-12(2)17(8-11)26-13(3)24-25-20(26)29-10-18(27)21-14-6-7-15-16(9-14)23-19(28)22-15/h4-9H,10H2,1-3H3,(H,21,27)(H2,22,23,28). The minimum absolute atomic E-state index is 0.166. The van der Waals surface area contributed by atoms with E-state index in [-0.39, 0.29) is 17.3 Å². The molecule has 2 aromatic carbocycles. The van der Waals surface area contributed by atoms with Gasteiger partial charge < -0.3 is 15.3 Å². The molecule has 29 heavy (non-hydrogen) atoms. The van der Waals surface area contributed by atoms with E-state index in [2.05, 4.69) is 43.7 Å². The molecule has 8 nitrogen and oxygen atoms in total. The summed E-state index contributed by atoms with van der Waals surface area (Å²) in [7, 11) is 0. The van der Waals surface area contributed by atoms with E-state index in [1.807, 2.05) is 25.3 Å². The van der Waals surface area contributed by atoms with E-state index in [0.29, 0.717) is 21.9 Å². The van der Waals surface area contributed by atoms with Crippen LogP contribution >= 0.6 is 11.8 Å². The third-order valence-corrected chi connectivity index (χ3v) is 5.46. The van der Waals surface area contributed by atoms with Gasteiger partial charge in [-0.15, -0.1) is 10.2 Å². The maximum absolute atomic E-state index is 12.4. The molecule has 9 heteroatoms. The lowest BCUT2D eigenvalue weighted by Crippen LogP contribution is -2.14.